The highest BCUT2D eigenvalue weighted by atomic mass is 32.3. The highest BCUT2D eigenvalue weighted by Crippen LogP contribution is 1.97. The van der Waals surface area contributed by atoms with Gasteiger partial charge in [-0.3, -0.25) is 18.8 Å². The van der Waals surface area contributed by atoms with Crippen molar-refractivity contribution in [1.29, 1.82) is 0 Å². The van der Waals surface area contributed by atoms with Crippen molar-refractivity contribution < 1.29 is 37.4 Å². The molecular weight excluding hydrogens is 270 g/mol. The molecule has 0 atom stereocenters. The van der Waals surface area contributed by atoms with Crippen LogP contribution in [0, 0.1) is 0 Å². The average Bonchev–Trinajstić information content (AvgIpc) is 2.26. The molecule has 0 aromatic heterocycles. The fourth-order valence-electron chi connectivity index (χ4n) is 0.739. The van der Waals surface area contributed by atoms with Crippen molar-refractivity contribution in [3.8, 4) is 0 Å². The first kappa shape index (κ1) is 20.0. The first-order chi connectivity index (χ1) is 8.35. The molecule has 0 radical (unpaired) electrons. The molecule has 0 aliphatic carbocycles. The van der Waals surface area contributed by atoms with Gasteiger partial charge in [0.05, 0.1) is 33.0 Å². The third-order valence-electron chi connectivity index (χ3n) is 1.35. The summed E-state index contributed by atoms with van der Waals surface area (Å²) in [6, 6.07) is 0. The maximum Gasteiger partial charge on any atom is 0.394 e. The molecule has 0 saturated carbocycles. The molecule has 0 fully saturated rings. The van der Waals surface area contributed by atoms with E-state index in [1.807, 2.05) is 0 Å². The Morgan fingerprint density at radius 1 is 1.06 bits per heavy atom. The molecule has 0 amide bonds. The molecule has 9 nitrogen and oxygen atoms in total. The number of nitrogens with zero attached hydrogens (tertiary/aromatic N) is 1. The molecule has 0 saturated heterocycles. The second-order valence-electron chi connectivity index (χ2n) is 2.97. The Hall–Kier alpha value is -0.330. The van der Waals surface area contributed by atoms with Gasteiger partial charge in [0, 0.05) is 0 Å². The number of unbranched alkanes of at least 4 members (excludes halogenated alkanes) is 1. The fourth-order valence-corrected chi connectivity index (χ4v) is 0.739. The van der Waals surface area contributed by atoms with E-state index in [-0.39, 0.29) is 26.4 Å². The molecule has 0 aromatic rings. The van der Waals surface area contributed by atoms with Crippen LogP contribution in [0.15, 0.2) is 0 Å². The fraction of sp³-hybridized carbons (Fsp3) is 1.00. The summed E-state index contributed by atoms with van der Waals surface area (Å²) in [6.45, 7) is 3.08. The van der Waals surface area contributed by atoms with Gasteiger partial charge >= 0.3 is 10.4 Å². The zero-order valence-electron chi connectivity index (χ0n) is 10.2. The van der Waals surface area contributed by atoms with E-state index in [9.17, 15) is 0 Å². The lowest BCUT2D eigenvalue weighted by Crippen LogP contribution is -2.28. The number of rotatable bonds is 9. The van der Waals surface area contributed by atoms with Crippen LogP contribution in [0.3, 0.4) is 0 Å². The molecule has 0 rings (SSSR count). The van der Waals surface area contributed by atoms with E-state index >= 15 is 0 Å². The SMILES string of the molecule is CCCCN(OCCO)OCCO.O=S(=O)(O)O. The summed E-state index contributed by atoms with van der Waals surface area (Å²) < 4.78 is 31.6. The van der Waals surface area contributed by atoms with Crippen LogP contribution >= 0.6 is 0 Å². The Morgan fingerprint density at radius 2 is 1.44 bits per heavy atom. The second kappa shape index (κ2) is 13.1. The van der Waals surface area contributed by atoms with Crippen LogP contribution in [0.5, 0.6) is 0 Å². The molecule has 0 aromatic carbocycles. The van der Waals surface area contributed by atoms with E-state index in [1.165, 1.54) is 5.23 Å². The van der Waals surface area contributed by atoms with Crippen LogP contribution in [-0.2, 0) is 20.1 Å². The van der Waals surface area contributed by atoms with Gasteiger partial charge in [-0.15, -0.1) is 0 Å². The molecule has 4 N–H and O–H groups in total. The molecule has 112 valence electrons. The van der Waals surface area contributed by atoms with E-state index in [2.05, 4.69) is 6.92 Å². The molecule has 0 unspecified atom stereocenters. The van der Waals surface area contributed by atoms with Gasteiger partial charge in [0.15, 0.2) is 0 Å². The van der Waals surface area contributed by atoms with Gasteiger partial charge in [0.1, 0.15) is 0 Å². The molecule has 0 aliphatic rings. The van der Waals surface area contributed by atoms with Gasteiger partial charge in [-0.25, -0.2) is 0 Å². The summed E-state index contributed by atoms with van der Waals surface area (Å²) in [5.74, 6) is 0. The topological polar surface area (TPSA) is 137 Å². The summed E-state index contributed by atoms with van der Waals surface area (Å²) >= 11 is 0. The van der Waals surface area contributed by atoms with Crippen LogP contribution < -0.4 is 0 Å². The second-order valence-corrected chi connectivity index (χ2v) is 3.87. The van der Waals surface area contributed by atoms with Crippen molar-refractivity contribution in [3.63, 3.8) is 0 Å². The lowest BCUT2D eigenvalue weighted by molar-refractivity contribution is -0.371. The van der Waals surface area contributed by atoms with Crippen molar-refractivity contribution >= 4 is 10.4 Å². The van der Waals surface area contributed by atoms with Crippen LogP contribution in [0.1, 0.15) is 19.8 Å². The van der Waals surface area contributed by atoms with Crippen molar-refractivity contribution in [2.24, 2.45) is 0 Å². The summed E-state index contributed by atoms with van der Waals surface area (Å²) in [5.41, 5.74) is 0. The minimum absolute atomic E-state index is 0.0366. The van der Waals surface area contributed by atoms with Crippen LogP contribution in [0.25, 0.3) is 0 Å². The van der Waals surface area contributed by atoms with Crippen LogP contribution in [0.2, 0.25) is 0 Å². The van der Waals surface area contributed by atoms with Crippen molar-refractivity contribution in [3.05, 3.63) is 0 Å². The van der Waals surface area contributed by atoms with Gasteiger partial charge < -0.3 is 10.2 Å². The maximum atomic E-state index is 8.74. The van der Waals surface area contributed by atoms with Crippen molar-refractivity contribution in [2.45, 2.75) is 19.8 Å². The number of hydrogen-bond donors (Lipinski definition) is 4. The van der Waals surface area contributed by atoms with Gasteiger partial charge in [0.2, 0.25) is 0 Å². The van der Waals surface area contributed by atoms with E-state index in [0.717, 1.165) is 12.8 Å². The Balaban J connectivity index is 0. The number of aliphatic hydroxyl groups is 2. The van der Waals surface area contributed by atoms with Crippen molar-refractivity contribution in [1.82, 2.24) is 5.23 Å². The number of hydroxylamine groups is 2. The molecule has 18 heavy (non-hydrogen) atoms. The molecule has 0 heterocycles. The molecule has 0 aliphatic heterocycles. The summed E-state index contributed by atoms with van der Waals surface area (Å²) in [5, 5.41) is 18.3. The van der Waals surface area contributed by atoms with E-state index < -0.39 is 10.4 Å². The molecular formula is C8H21NO8S. The zero-order chi connectivity index (χ0) is 14.4. The molecule has 10 heteroatoms. The third kappa shape index (κ3) is 24.8. The van der Waals surface area contributed by atoms with E-state index in [0.29, 0.717) is 6.54 Å². The van der Waals surface area contributed by atoms with Crippen molar-refractivity contribution in [2.75, 3.05) is 33.0 Å². The Bertz CT molecular complexity index is 231. The number of hydrogen-bond acceptors (Lipinski definition) is 7. The third-order valence-corrected chi connectivity index (χ3v) is 1.35. The summed E-state index contributed by atoms with van der Waals surface area (Å²) in [6.07, 6.45) is 2.00. The van der Waals surface area contributed by atoms with Gasteiger partial charge in [-0.2, -0.15) is 8.42 Å². The van der Waals surface area contributed by atoms with E-state index in [4.69, 9.17) is 37.4 Å². The smallest absolute Gasteiger partial charge is 0.394 e. The van der Waals surface area contributed by atoms with E-state index in [1.54, 1.807) is 0 Å². The highest BCUT2D eigenvalue weighted by molar-refractivity contribution is 7.79. The minimum Gasteiger partial charge on any atom is -0.394 e. The normalized spacial score (nSPS) is 11.2. The summed E-state index contributed by atoms with van der Waals surface area (Å²) in [7, 11) is -4.67. The van der Waals surface area contributed by atoms with Crippen LogP contribution in [-0.4, -0.2) is 65.9 Å². The van der Waals surface area contributed by atoms with Gasteiger partial charge in [-0.05, 0) is 6.42 Å². The zero-order valence-corrected chi connectivity index (χ0v) is 11.0. The Morgan fingerprint density at radius 3 is 1.72 bits per heavy atom. The van der Waals surface area contributed by atoms with Crippen LogP contribution in [0.4, 0.5) is 0 Å². The molecule has 0 spiro atoms. The summed E-state index contributed by atoms with van der Waals surface area (Å²) in [4.78, 5) is 10.1. The Kier molecular flexibility index (Phi) is 14.6. The van der Waals surface area contributed by atoms with Gasteiger partial charge in [0.25, 0.3) is 0 Å². The quantitative estimate of drug-likeness (QED) is 0.320. The average molecular weight is 291 g/mol. The Labute approximate surface area is 106 Å². The number of aliphatic hydroxyl groups excluding tert-OH is 2. The minimum atomic E-state index is -4.67. The molecule has 0 bridgehead atoms. The largest absolute Gasteiger partial charge is 0.394 e. The standard InChI is InChI=1S/C8H19NO4.H2O4S/c1-2-3-4-9(12-7-5-10)13-8-6-11;1-5(2,3)4/h10-11H,2-8H2,1H3;(H2,1,2,3,4). The highest BCUT2D eigenvalue weighted by Gasteiger charge is 2.03. The first-order valence-electron chi connectivity index (χ1n) is 5.30. The first-order valence-corrected chi connectivity index (χ1v) is 6.69. The predicted molar refractivity (Wildman–Crippen MR) is 61.9 cm³/mol. The monoisotopic (exact) mass is 291 g/mol. The predicted octanol–water partition coefficient (Wildman–Crippen LogP) is -0.716. The maximum absolute atomic E-state index is 8.74. The van der Waals surface area contributed by atoms with Gasteiger partial charge in [-0.1, -0.05) is 18.6 Å². The lowest BCUT2D eigenvalue weighted by atomic mass is 10.3. The lowest BCUT2D eigenvalue weighted by Gasteiger charge is -2.19.